The summed E-state index contributed by atoms with van der Waals surface area (Å²) in [6.07, 6.45) is -0.277. The van der Waals surface area contributed by atoms with Gasteiger partial charge in [-0.05, 0) is 73.1 Å². The Hall–Kier alpha value is -3.24. The van der Waals surface area contributed by atoms with Gasteiger partial charge in [-0.2, -0.15) is 13.5 Å². The van der Waals surface area contributed by atoms with Gasteiger partial charge in [-0.1, -0.05) is 48.0 Å². The van der Waals surface area contributed by atoms with E-state index in [1.165, 1.54) is 19.1 Å². The fourth-order valence-electron chi connectivity index (χ4n) is 4.84. The number of carbonyl (C=O) groups excluding carboxylic acids is 2. The molecule has 0 bridgehead atoms. The predicted molar refractivity (Wildman–Crippen MR) is 152 cm³/mol. The molecular weight excluding hydrogens is 532 g/mol. The Labute approximate surface area is 237 Å². The maximum absolute atomic E-state index is 13.8. The Kier molecular flexibility index (Phi) is 8.86. The van der Waals surface area contributed by atoms with Crippen LogP contribution >= 0.6 is 0 Å². The molecule has 2 N–H and O–H groups in total. The van der Waals surface area contributed by atoms with Crippen molar-refractivity contribution in [2.45, 2.75) is 89.4 Å². The molecule has 0 spiro atoms. The van der Waals surface area contributed by atoms with Crippen LogP contribution < -0.4 is 4.83 Å². The Morgan fingerprint density at radius 2 is 1.45 bits per heavy atom. The number of hydrogen-bond donors (Lipinski definition) is 2. The van der Waals surface area contributed by atoms with Crippen LogP contribution in [0.5, 0.6) is 0 Å². The van der Waals surface area contributed by atoms with Crippen LogP contribution in [0.4, 0.5) is 0 Å². The van der Waals surface area contributed by atoms with Gasteiger partial charge in [0.2, 0.25) is 0 Å². The molecule has 0 radical (unpaired) electrons. The number of aryl methyl sites for hydroxylation is 1. The lowest BCUT2D eigenvalue weighted by Gasteiger charge is -2.46. The number of carbonyl (C=O) groups is 2. The maximum Gasteiger partial charge on any atom is 0.315 e. The highest BCUT2D eigenvalue weighted by atomic mass is 32.2. The standard InChI is InChI=1S/C30H40N2O7S/c1-19-14-16-21(17-15-19)40(36,37)32-31-22-18-30(8,35)25(27(34)39-29(5,6)7)23(20-12-10-9-11-13-20)24(22)26(33)38-28(2,3)4/h9-17,23-25,32,35H,18H2,1-8H3/b31-22-/t23-,24-,25-,30-/m0/s1. The molecule has 0 unspecified atom stereocenters. The molecule has 3 rings (SSSR count). The van der Waals surface area contributed by atoms with Gasteiger partial charge in [0.1, 0.15) is 17.1 Å². The van der Waals surface area contributed by atoms with Gasteiger partial charge in [0, 0.05) is 12.3 Å². The topological polar surface area (TPSA) is 131 Å². The van der Waals surface area contributed by atoms with Crippen molar-refractivity contribution < 1.29 is 32.6 Å². The molecule has 0 amide bonds. The molecule has 0 aromatic heterocycles. The molecule has 1 aliphatic carbocycles. The van der Waals surface area contributed by atoms with E-state index in [1.54, 1.807) is 84.0 Å². The zero-order valence-electron chi connectivity index (χ0n) is 24.4. The van der Waals surface area contributed by atoms with E-state index in [0.717, 1.165) is 5.56 Å². The molecule has 1 aliphatic rings. The van der Waals surface area contributed by atoms with Gasteiger partial charge in [-0.3, -0.25) is 9.59 Å². The van der Waals surface area contributed by atoms with Gasteiger partial charge in [-0.25, -0.2) is 4.83 Å². The molecule has 0 heterocycles. The molecule has 2 aromatic rings. The van der Waals surface area contributed by atoms with E-state index in [9.17, 15) is 23.1 Å². The van der Waals surface area contributed by atoms with Crippen molar-refractivity contribution >= 4 is 27.7 Å². The van der Waals surface area contributed by atoms with Gasteiger partial charge in [0.15, 0.2) is 0 Å². The number of nitrogens with one attached hydrogen (secondary N) is 1. The van der Waals surface area contributed by atoms with Gasteiger partial charge < -0.3 is 14.6 Å². The number of aliphatic hydroxyl groups is 1. The third kappa shape index (κ3) is 7.69. The minimum Gasteiger partial charge on any atom is -0.460 e. The average Bonchev–Trinajstić information content (AvgIpc) is 2.80. The first kappa shape index (κ1) is 31.3. The summed E-state index contributed by atoms with van der Waals surface area (Å²) in [6, 6.07) is 15.0. The molecule has 1 saturated carbocycles. The molecule has 218 valence electrons. The lowest BCUT2D eigenvalue weighted by Crippen LogP contribution is -2.56. The minimum absolute atomic E-state index is 0.00919. The van der Waals surface area contributed by atoms with Gasteiger partial charge >= 0.3 is 11.9 Å². The molecule has 1 fully saturated rings. The molecular formula is C30H40N2O7S. The lowest BCUT2D eigenvalue weighted by molar-refractivity contribution is -0.175. The third-order valence-corrected chi connectivity index (χ3v) is 7.66. The monoisotopic (exact) mass is 572 g/mol. The fraction of sp³-hybridized carbons (Fsp3) is 0.500. The fourth-order valence-corrected chi connectivity index (χ4v) is 5.68. The quantitative estimate of drug-likeness (QED) is 0.385. The van der Waals surface area contributed by atoms with Crippen molar-refractivity contribution in [2.75, 3.05) is 0 Å². The van der Waals surface area contributed by atoms with Crippen LogP contribution in [0.25, 0.3) is 0 Å². The van der Waals surface area contributed by atoms with E-state index in [4.69, 9.17) is 9.47 Å². The molecule has 4 atom stereocenters. The van der Waals surface area contributed by atoms with Crippen molar-refractivity contribution in [2.24, 2.45) is 16.9 Å². The van der Waals surface area contributed by atoms with Crippen molar-refractivity contribution in [3.8, 4) is 0 Å². The summed E-state index contributed by atoms with van der Waals surface area (Å²) in [5, 5.41) is 15.9. The SMILES string of the molecule is Cc1ccc(S(=O)(=O)N/N=C2/C[C@](C)(O)[C@H](C(=O)OC(C)(C)C)[C@@H](c3ccccc3)[C@H]2C(=O)OC(C)(C)C)cc1. The first-order valence-corrected chi connectivity index (χ1v) is 14.7. The summed E-state index contributed by atoms with van der Waals surface area (Å²) in [6.45, 7) is 13.6. The molecule has 10 heteroatoms. The van der Waals surface area contributed by atoms with Gasteiger partial charge in [0.05, 0.1) is 22.1 Å². The molecule has 9 nitrogen and oxygen atoms in total. The van der Waals surface area contributed by atoms with Gasteiger partial charge in [0.25, 0.3) is 10.0 Å². The number of hydrogen-bond acceptors (Lipinski definition) is 8. The zero-order chi connectivity index (χ0) is 30.1. The number of ether oxygens (including phenoxy) is 2. The summed E-state index contributed by atoms with van der Waals surface area (Å²) >= 11 is 0. The second-order valence-electron chi connectivity index (χ2n) is 12.5. The maximum atomic E-state index is 13.8. The highest BCUT2D eigenvalue weighted by Gasteiger charge is 2.57. The highest BCUT2D eigenvalue weighted by Crippen LogP contribution is 2.47. The number of benzene rings is 2. The third-order valence-electron chi connectivity index (χ3n) is 6.43. The number of hydrazone groups is 1. The number of sulfonamides is 1. The Morgan fingerprint density at radius 3 is 1.98 bits per heavy atom. The summed E-state index contributed by atoms with van der Waals surface area (Å²) in [5.41, 5.74) is -1.97. The Morgan fingerprint density at radius 1 is 0.925 bits per heavy atom. The van der Waals surface area contributed by atoms with Crippen molar-refractivity contribution in [3.63, 3.8) is 0 Å². The average molecular weight is 573 g/mol. The zero-order valence-corrected chi connectivity index (χ0v) is 25.2. The summed E-state index contributed by atoms with van der Waals surface area (Å²) < 4.78 is 37.6. The Bertz CT molecular complexity index is 1350. The van der Waals surface area contributed by atoms with Gasteiger partial charge in [-0.15, -0.1) is 0 Å². The van der Waals surface area contributed by atoms with E-state index in [0.29, 0.717) is 5.56 Å². The smallest absolute Gasteiger partial charge is 0.315 e. The van der Waals surface area contributed by atoms with E-state index >= 15 is 0 Å². The highest BCUT2D eigenvalue weighted by molar-refractivity contribution is 7.89. The molecule has 2 aromatic carbocycles. The second kappa shape index (κ2) is 11.3. The van der Waals surface area contributed by atoms with Crippen LogP contribution in [0, 0.1) is 18.8 Å². The predicted octanol–water partition coefficient (Wildman–Crippen LogP) is 4.48. The van der Waals surface area contributed by atoms with Crippen LogP contribution in [-0.2, 0) is 29.1 Å². The van der Waals surface area contributed by atoms with Crippen molar-refractivity contribution in [1.29, 1.82) is 0 Å². The van der Waals surface area contributed by atoms with E-state index < -0.39 is 56.5 Å². The normalized spacial score (nSPS) is 24.8. The van der Waals surface area contributed by atoms with Crippen LogP contribution in [0.1, 0.15) is 71.9 Å². The summed E-state index contributed by atoms with van der Waals surface area (Å²) in [4.78, 5) is 29.6. The van der Waals surface area contributed by atoms with Crippen molar-refractivity contribution in [1.82, 2.24) is 4.83 Å². The number of rotatable bonds is 6. The van der Waals surface area contributed by atoms with Crippen LogP contribution in [0.3, 0.4) is 0 Å². The number of nitrogens with zero attached hydrogens (tertiary/aromatic N) is 1. The van der Waals surface area contributed by atoms with Crippen molar-refractivity contribution in [3.05, 3.63) is 65.7 Å². The number of esters is 2. The summed E-state index contributed by atoms with van der Waals surface area (Å²) in [7, 11) is -4.10. The van der Waals surface area contributed by atoms with Crippen LogP contribution in [0.2, 0.25) is 0 Å². The first-order valence-electron chi connectivity index (χ1n) is 13.2. The first-order chi connectivity index (χ1) is 18.3. The van der Waals surface area contributed by atoms with Crippen LogP contribution in [-0.4, -0.2) is 48.0 Å². The molecule has 0 saturated heterocycles. The van der Waals surface area contributed by atoms with E-state index in [1.807, 2.05) is 6.92 Å². The molecule has 40 heavy (non-hydrogen) atoms. The summed E-state index contributed by atoms with van der Waals surface area (Å²) in [5.74, 6) is -4.71. The van der Waals surface area contributed by atoms with Crippen LogP contribution in [0.15, 0.2) is 64.6 Å². The lowest BCUT2D eigenvalue weighted by atomic mass is 9.61. The largest absolute Gasteiger partial charge is 0.460 e. The Balaban J connectivity index is 2.19. The minimum atomic E-state index is -4.10. The second-order valence-corrected chi connectivity index (χ2v) is 14.2. The van der Waals surface area contributed by atoms with E-state index in [2.05, 4.69) is 9.93 Å². The molecule has 0 aliphatic heterocycles. The van der Waals surface area contributed by atoms with E-state index in [-0.39, 0.29) is 17.0 Å².